The van der Waals surface area contributed by atoms with Gasteiger partial charge in [0.2, 0.25) is 0 Å². The van der Waals surface area contributed by atoms with Crippen LogP contribution in [-0.4, -0.2) is 122 Å². The van der Waals surface area contributed by atoms with Crippen LogP contribution in [0.25, 0.3) is 0 Å². The molecule has 0 radical (unpaired) electrons. The summed E-state index contributed by atoms with van der Waals surface area (Å²) in [7, 11) is 0. The van der Waals surface area contributed by atoms with E-state index in [1.165, 1.54) is 154 Å². The molecule has 16 atom stereocenters. The lowest BCUT2D eigenvalue weighted by Gasteiger charge is -2.38. The Kier molecular flexibility index (Phi) is 38.1. The number of halogens is 8. The summed E-state index contributed by atoms with van der Waals surface area (Å²) in [5.41, 5.74) is 0. The van der Waals surface area contributed by atoms with Gasteiger partial charge in [-0.25, -0.2) is 35.1 Å². The van der Waals surface area contributed by atoms with E-state index >= 15 is 0 Å². The Bertz CT molecular complexity index is 1660. The van der Waals surface area contributed by atoms with Crippen LogP contribution in [0.1, 0.15) is 269 Å². The van der Waals surface area contributed by atoms with Crippen LogP contribution in [0.5, 0.6) is 0 Å². The third-order valence-electron chi connectivity index (χ3n) is 24.1. The summed E-state index contributed by atoms with van der Waals surface area (Å²) in [6.45, 7) is 19.1. The summed E-state index contributed by atoms with van der Waals surface area (Å²) in [6, 6.07) is 0. The molecule has 0 aromatic heterocycles. The quantitative estimate of drug-likeness (QED) is 0.158. The zero-order chi connectivity index (χ0) is 60.5. The topological polar surface area (TPSA) is 163 Å². The lowest BCUT2D eigenvalue weighted by molar-refractivity contribution is -0.0840. The number of hydrogen-bond acceptors (Lipinski definition) is 4. The molecule has 0 saturated heterocycles. The van der Waals surface area contributed by atoms with Crippen LogP contribution in [0.15, 0.2) is 0 Å². The Balaban J connectivity index is -0.000000559. The van der Waals surface area contributed by atoms with Crippen molar-refractivity contribution in [1.29, 1.82) is 0 Å². The van der Waals surface area contributed by atoms with Crippen molar-refractivity contribution in [3.63, 3.8) is 0 Å². The van der Waals surface area contributed by atoms with Gasteiger partial charge in [0.25, 0.3) is 0 Å². The second-order valence-electron chi connectivity index (χ2n) is 31.1. The lowest BCUT2D eigenvalue weighted by Crippen LogP contribution is -2.42. The third-order valence-corrected chi connectivity index (χ3v) is 24.1. The van der Waals surface area contributed by atoms with E-state index < -0.39 is 73.8 Å². The Morgan fingerprint density at radius 2 is 0.375 bits per heavy atom. The predicted octanol–water partition coefficient (Wildman–Crippen LogP) is 19.0. The fourth-order valence-electron chi connectivity index (χ4n) is 17.0. The molecule has 536 valence electrons. The highest BCUT2D eigenvalue weighted by Gasteiger charge is 2.43. The van der Waals surface area contributed by atoms with Crippen molar-refractivity contribution in [2.45, 2.75) is 335 Å². The van der Waals surface area contributed by atoms with E-state index in [1.807, 2.05) is 0 Å². The number of rotatable bonds is 14. The molecule has 8 N–H and O–H groups in total. The highest BCUT2D eigenvalue weighted by Crippen LogP contribution is 2.44. The number of alkyl halides is 8. The van der Waals surface area contributed by atoms with Gasteiger partial charge in [0, 0.05) is 35.0 Å². The summed E-state index contributed by atoms with van der Waals surface area (Å²) < 4.78 is 134. The van der Waals surface area contributed by atoms with Crippen LogP contribution >= 0.6 is 0 Å². The molecule has 0 bridgehead atoms. The predicted molar refractivity (Wildman–Crippen MR) is 354 cm³/mol. The molecule has 16 heteroatoms. The summed E-state index contributed by atoms with van der Waals surface area (Å²) >= 11 is 0. The van der Waals surface area contributed by atoms with Crippen LogP contribution < -0.4 is 0 Å². The van der Waals surface area contributed by atoms with Gasteiger partial charge in [0.15, 0.2) is 24.7 Å². The maximum Gasteiger partial charge on any atom is 0.157 e. The summed E-state index contributed by atoms with van der Waals surface area (Å²) in [5.74, 6) is 8.83. The van der Waals surface area contributed by atoms with Crippen LogP contribution in [0, 0.1) is 94.7 Å². The maximum absolute atomic E-state index is 14.1. The van der Waals surface area contributed by atoms with Crippen molar-refractivity contribution < 1.29 is 84.5 Å². The van der Waals surface area contributed by atoms with E-state index in [9.17, 15) is 35.1 Å². The largest absolute Gasteiger partial charge is 0.412 e. The van der Waals surface area contributed by atoms with Crippen LogP contribution in [0.2, 0.25) is 0 Å². The van der Waals surface area contributed by atoms with Gasteiger partial charge in [0.1, 0.15) is 24.7 Å². The molecule has 88 heavy (non-hydrogen) atoms. The SMILES string of the molecule is CC1CCC(C2CCC(COC3CCC(C)C(F)C3F)CC2)CC1.CC1CCC(C2CCC(COC3CCC(C)C(F)C3F)CC2)CC1.CC1CCC(COC2CCC(C)C(F)C2F)CC1.CC1CCC(COC2CCC(C)C(F)C2F)CC1.O.O.O.O.[HH].[HH].[HH].[HH].[HH].[HH]. The van der Waals surface area contributed by atoms with Crippen LogP contribution in [0.4, 0.5) is 35.1 Å². The molecule has 10 saturated carbocycles. The van der Waals surface area contributed by atoms with E-state index in [2.05, 4.69) is 27.7 Å². The smallest absolute Gasteiger partial charge is 0.157 e. The van der Waals surface area contributed by atoms with Gasteiger partial charge in [-0.1, -0.05) is 107 Å². The van der Waals surface area contributed by atoms with E-state index in [4.69, 9.17) is 18.9 Å². The second-order valence-corrected chi connectivity index (χ2v) is 31.1. The normalized spacial score (nSPS) is 44.7. The molecule has 0 aromatic carbocycles. The molecule has 0 amide bonds. The molecule has 10 aliphatic rings. The minimum atomic E-state index is -1.42. The molecule has 0 spiro atoms. The van der Waals surface area contributed by atoms with Gasteiger partial charge in [0.05, 0.1) is 24.4 Å². The molecular weight excluding hydrogens is 1140 g/mol. The monoisotopic (exact) mass is 1290 g/mol. The highest BCUT2D eigenvalue weighted by atomic mass is 19.2. The third kappa shape index (κ3) is 25.0. The van der Waals surface area contributed by atoms with Gasteiger partial charge < -0.3 is 40.9 Å². The van der Waals surface area contributed by atoms with Crippen molar-refractivity contribution in [2.24, 2.45) is 94.7 Å². The zero-order valence-corrected chi connectivity index (χ0v) is 56.3. The first kappa shape index (κ1) is 81.4. The molecule has 10 fully saturated rings. The average Bonchev–Trinajstić information content (AvgIpc) is 2.07. The van der Waals surface area contributed by atoms with Crippen molar-refractivity contribution in [1.82, 2.24) is 0 Å². The van der Waals surface area contributed by atoms with Crippen LogP contribution in [0.3, 0.4) is 0 Å². The minimum Gasteiger partial charge on any atom is -0.412 e. The fraction of sp³-hybridized carbons (Fsp3) is 1.00. The van der Waals surface area contributed by atoms with Crippen molar-refractivity contribution in [3.8, 4) is 0 Å². The van der Waals surface area contributed by atoms with Crippen molar-refractivity contribution in [3.05, 3.63) is 0 Å². The van der Waals surface area contributed by atoms with Gasteiger partial charge >= 0.3 is 0 Å². The molecule has 0 aliphatic heterocycles. The molecule has 16 unspecified atom stereocenters. The van der Waals surface area contributed by atoms with Gasteiger partial charge in [-0.05, 0) is 249 Å². The molecule has 0 aromatic rings. The molecule has 10 rings (SSSR count). The number of hydrogen-bond donors (Lipinski definition) is 0. The summed E-state index contributed by atoms with van der Waals surface area (Å²) in [6.07, 6.45) is 23.9. The zero-order valence-electron chi connectivity index (χ0n) is 56.3. The van der Waals surface area contributed by atoms with Crippen LogP contribution in [-0.2, 0) is 18.9 Å². The summed E-state index contributed by atoms with van der Waals surface area (Å²) in [5, 5.41) is 0. The van der Waals surface area contributed by atoms with Gasteiger partial charge in [-0.3, -0.25) is 0 Å². The fourth-order valence-corrected chi connectivity index (χ4v) is 17.0. The minimum absolute atomic E-state index is 0. The first-order valence-corrected chi connectivity index (χ1v) is 35.8. The Hall–Kier alpha value is -0.880. The van der Waals surface area contributed by atoms with Crippen molar-refractivity contribution >= 4 is 0 Å². The molecular formula is C72H144F8O8. The Labute approximate surface area is 538 Å². The number of ether oxygens (including phenoxy) is 4. The van der Waals surface area contributed by atoms with E-state index in [-0.39, 0.29) is 54.1 Å². The Morgan fingerprint density at radius 3 is 0.568 bits per heavy atom. The lowest BCUT2D eigenvalue weighted by atomic mass is 9.69. The second kappa shape index (κ2) is 41.2. The van der Waals surface area contributed by atoms with E-state index in [0.717, 1.165) is 73.0 Å². The first-order valence-electron chi connectivity index (χ1n) is 35.8. The van der Waals surface area contributed by atoms with Gasteiger partial charge in [-0.2, -0.15) is 0 Å². The molecule has 8 nitrogen and oxygen atoms in total. The van der Waals surface area contributed by atoms with Gasteiger partial charge in [-0.15, -0.1) is 0 Å². The summed E-state index contributed by atoms with van der Waals surface area (Å²) in [4.78, 5) is 0. The average molecular weight is 1290 g/mol. The Morgan fingerprint density at radius 1 is 0.216 bits per heavy atom. The van der Waals surface area contributed by atoms with Crippen molar-refractivity contribution in [2.75, 3.05) is 26.4 Å². The van der Waals surface area contributed by atoms with E-state index in [1.54, 1.807) is 27.7 Å². The molecule has 10 aliphatic carbocycles. The highest BCUT2D eigenvalue weighted by molar-refractivity contribution is 4.92. The maximum atomic E-state index is 14.1. The van der Waals surface area contributed by atoms with E-state index in [0.29, 0.717) is 75.8 Å². The first-order chi connectivity index (χ1) is 40.2. The standard InChI is InChI=1S/2C21H36F2O.2C15H26F2O.4H2O.6H2/c2*1-14-3-8-17(9-4-14)18-10-6-16(7-11-18)13-24-19-12-5-15(2)20(22)21(19)23;2*1-10-3-6-12(7-4-10)9-18-13-8-5-11(2)14(16)15(13)17;;;;;;;;;;/h2*14-21H,3-13H2,1-2H3;2*10-15H,3-9H2,1-2H3;4*1H2;6*1H. The molecule has 0 heterocycles.